The molecule has 5 heteroatoms. The van der Waals surface area contributed by atoms with Crippen molar-refractivity contribution in [1.82, 2.24) is 0 Å². The zero-order valence-electron chi connectivity index (χ0n) is 24.5. The van der Waals surface area contributed by atoms with Crippen molar-refractivity contribution in [2.45, 2.75) is 19.3 Å². The number of hydrogen-bond donors (Lipinski definition) is 0. The van der Waals surface area contributed by atoms with Gasteiger partial charge in [0.1, 0.15) is 11.5 Å². The summed E-state index contributed by atoms with van der Waals surface area (Å²) in [7, 11) is -1.65. The second-order valence-corrected chi connectivity index (χ2v) is 15.4. The van der Waals surface area contributed by atoms with Crippen LogP contribution in [0, 0.1) is 0 Å². The SMILES string of the molecule is CC1(C)c2cccc(P(c3ccccc3)c3ccccc3)c2Oc2c(P(c3ccccc3)c3ccccc3)cccc21.[Cu][I]. The molecule has 1 aliphatic rings. The van der Waals surface area contributed by atoms with Crippen LogP contribution in [0.5, 0.6) is 11.5 Å². The van der Waals surface area contributed by atoms with Crippen LogP contribution in [-0.2, 0) is 18.2 Å². The molecule has 0 aromatic heterocycles. The molecule has 222 valence electrons. The van der Waals surface area contributed by atoms with Crippen LogP contribution in [0.2, 0.25) is 0 Å². The number of fused-ring (bicyclic) bond motifs is 2. The molecule has 0 aliphatic carbocycles. The molecule has 6 aromatic rings. The first-order valence-electron chi connectivity index (χ1n) is 14.5. The first-order chi connectivity index (χ1) is 21.6. The first kappa shape index (κ1) is 31.2. The minimum atomic E-state index is -0.824. The van der Waals surface area contributed by atoms with Crippen LogP contribution in [0.1, 0.15) is 25.0 Å². The van der Waals surface area contributed by atoms with Gasteiger partial charge in [-0.2, -0.15) is 0 Å². The van der Waals surface area contributed by atoms with Crippen molar-refractivity contribution in [3.63, 3.8) is 0 Å². The number of hydrogen-bond acceptors (Lipinski definition) is 1. The van der Waals surface area contributed by atoms with Gasteiger partial charge in [-0.05, 0) is 37.1 Å². The van der Waals surface area contributed by atoms with Gasteiger partial charge >= 0.3 is 33.1 Å². The van der Waals surface area contributed by atoms with Gasteiger partial charge in [0.15, 0.2) is 0 Å². The zero-order chi connectivity index (χ0) is 30.5. The van der Waals surface area contributed by atoms with Gasteiger partial charge in [0, 0.05) is 27.2 Å². The Labute approximate surface area is 283 Å². The van der Waals surface area contributed by atoms with Gasteiger partial charge in [0.05, 0.1) is 0 Å². The average Bonchev–Trinajstić information content (AvgIpc) is 3.09. The third-order valence-electron chi connectivity index (χ3n) is 8.08. The second kappa shape index (κ2) is 14.1. The maximum atomic E-state index is 7.26. The van der Waals surface area contributed by atoms with Gasteiger partial charge in [-0.1, -0.05) is 172 Å². The van der Waals surface area contributed by atoms with E-state index in [2.05, 4.69) is 184 Å². The summed E-state index contributed by atoms with van der Waals surface area (Å²) in [6.45, 7) is 4.70. The Bertz CT molecular complexity index is 1620. The van der Waals surface area contributed by atoms with E-state index >= 15 is 0 Å². The van der Waals surface area contributed by atoms with E-state index in [-0.39, 0.29) is 5.41 Å². The Morgan fingerprint density at radius 3 is 1.02 bits per heavy atom. The van der Waals surface area contributed by atoms with Crippen LogP contribution in [0.3, 0.4) is 0 Å². The van der Waals surface area contributed by atoms with Crippen molar-refractivity contribution in [3.05, 3.63) is 169 Å². The predicted octanol–water partition coefficient (Wildman–Crippen LogP) is 8.52. The molecule has 44 heavy (non-hydrogen) atoms. The number of benzene rings is 6. The van der Waals surface area contributed by atoms with Crippen molar-refractivity contribution >= 4 is 68.0 Å². The molecule has 0 fully saturated rings. The fourth-order valence-electron chi connectivity index (χ4n) is 6.01. The quantitative estimate of drug-likeness (QED) is 0.0939. The van der Waals surface area contributed by atoms with E-state index in [1.807, 2.05) is 0 Å². The predicted molar refractivity (Wildman–Crippen MR) is 197 cm³/mol. The molecule has 0 N–H and O–H groups in total. The molecule has 0 saturated carbocycles. The normalized spacial score (nSPS) is 12.9. The molecule has 6 aromatic carbocycles. The van der Waals surface area contributed by atoms with Crippen LogP contribution in [-0.4, -0.2) is 0 Å². The summed E-state index contributed by atoms with van der Waals surface area (Å²) in [5, 5.41) is 7.81. The number of ether oxygens (including phenoxy) is 1. The summed E-state index contributed by atoms with van der Waals surface area (Å²) in [6, 6.07) is 57.2. The van der Waals surface area contributed by atoms with Gasteiger partial charge in [-0.15, -0.1) is 0 Å². The van der Waals surface area contributed by atoms with E-state index in [4.69, 9.17) is 4.74 Å². The molecule has 1 aliphatic heterocycles. The van der Waals surface area contributed by atoms with Crippen molar-refractivity contribution in [1.29, 1.82) is 0 Å². The summed E-state index contributed by atoms with van der Waals surface area (Å²) in [5.41, 5.74) is 2.26. The summed E-state index contributed by atoms with van der Waals surface area (Å²) in [6.07, 6.45) is 0. The first-order valence-corrected chi connectivity index (χ1v) is 20.2. The van der Waals surface area contributed by atoms with Crippen LogP contribution >= 0.6 is 36.2 Å². The number of halogens is 1. The molecular formula is C39H32CuIOP2. The molecule has 1 heterocycles. The Morgan fingerprint density at radius 2 is 0.727 bits per heavy atom. The number of rotatable bonds is 6. The Kier molecular flexibility index (Phi) is 10.0. The van der Waals surface area contributed by atoms with E-state index in [1.54, 1.807) is 20.3 Å². The summed E-state index contributed by atoms with van der Waals surface area (Å²) >= 11 is 5.87. The molecular weight excluding hydrogens is 737 g/mol. The van der Waals surface area contributed by atoms with E-state index in [0.717, 1.165) is 11.5 Å². The van der Waals surface area contributed by atoms with Crippen molar-refractivity contribution in [3.8, 4) is 11.5 Å². The summed E-state index contributed by atoms with van der Waals surface area (Å²) < 4.78 is 7.26. The van der Waals surface area contributed by atoms with Crippen molar-refractivity contribution in [2.75, 3.05) is 0 Å². The van der Waals surface area contributed by atoms with Gasteiger partial charge in [-0.25, -0.2) is 0 Å². The van der Waals surface area contributed by atoms with E-state index in [1.165, 1.54) is 43.0 Å². The van der Waals surface area contributed by atoms with Gasteiger partial charge < -0.3 is 4.74 Å². The second-order valence-electron chi connectivity index (χ2n) is 11.0. The standard InChI is InChI=1S/C39H32OP2.Cu.HI/c1-39(2)33-25-15-27-35(41(29-17-7-3-8-18-29)30-19-9-4-10-20-30)37(33)40-38-34(39)26-16-28-36(38)42(31-21-11-5-12-22-31)32-23-13-6-14-24-32;;/h3-28H,1-2H3;;1H/q;+1;/p-1. The summed E-state index contributed by atoms with van der Waals surface area (Å²) in [5.74, 6) is 2.02. The van der Waals surface area contributed by atoms with Crippen molar-refractivity contribution < 1.29 is 17.5 Å². The topological polar surface area (TPSA) is 9.23 Å². The minimum absolute atomic E-state index is 0.225. The molecule has 0 radical (unpaired) electrons. The van der Waals surface area contributed by atoms with Gasteiger partial charge in [-0.3, -0.25) is 0 Å². The summed E-state index contributed by atoms with van der Waals surface area (Å²) in [4.78, 5) is 0. The van der Waals surface area contributed by atoms with Gasteiger partial charge in [0.2, 0.25) is 0 Å². The zero-order valence-corrected chi connectivity index (χ0v) is 29.4. The van der Waals surface area contributed by atoms with Crippen molar-refractivity contribution in [2.24, 2.45) is 0 Å². The van der Waals surface area contributed by atoms with E-state index in [9.17, 15) is 0 Å². The molecule has 0 bridgehead atoms. The Morgan fingerprint density at radius 1 is 0.432 bits per heavy atom. The van der Waals surface area contributed by atoms with Crippen LogP contribution in [0.25, 0.3) is 0 Å². The van der Waals surface area contributed by atoms with Gasteiger partial charge in [0.25, 0.3) is 0 Å². The number of para-hydroxylation sites is 2. The molecule has 0 saturated heterocycles. The molecule has 0 spiro atoms. The van der Waals surface area contributed by atoms with E-state index in [0.29, 0.717) is 0 Å². The third-order valence-corrected chi connectivity index (χ3v) is 13.0. The molecule has 7 rings (SSSR count). The fraction of sp³-hybridized carbons (Fsp3) is 0.0769. The molecule has 0 amide bonds. The van der Waals surface area contributed by atoms with Crippen LogP contribution in [0.15, 0.2) is 158 Å². The van der Waals surface area contributed by atoms with Crippen LogP contribution < -0.4 is 36.6 Å². The molecule has 0 unspecified atom stereocenters. The third kappa shape index (κ3) is 6.06. The maximum absolute atomic E-state index is 7.26. The molecule has 0 atom stereocenters. The van der Waals surface area contributed by atoms with Crippen LogP contribution in [0.4, 0.5) is 0 Å². The fourth-order valence-corrected chi connectivity index (χ4v) is 10.8. The van der Waals surface area contributed by atoms with E-state index < -0.39 is 15.8 Å². The molecule has 1 nitrogen and oxygen atoms in total. The Balaban J connectivity index is 0.00000168. The Hall–Kier alpha value is -2.77. The average molecular weight is 769 g/mol. The monoisotopic (exact) mass is 768 g/mol.